The highest BCUT2D eigenvalue weighted by Gasteiger charge is 2.27. The number of nitrogens with zero attached hydrogens (tertiary/aromatic N) is 1. The fourth-order valence-corrected chi connectivity index (χ4v) is 3.46. The van der Waals surface area contributed by atoms with Gasteiger partial charge in [0.05, 0.1) is 6.54 Å². The highest BCUT2D eigenvalue weighted by Crippen LogP contribution is 2.07. The third kappa shape index (κ3) is 10.7. The third-order valence-electron chi connectivity index (χ3n) is 4.88. The standard InChI is InChI=1S/C22H36N4O4S/c1-4-26(5-2)12-13-30-22(29)18(11-14-31-3)25-21(28)19(24-20(27)16-23)15-17-9-7-6-8-10-17/h6-10,18-19H,4-5,11-16,23H2,1-3H3,(H,24,27)(H,25,28)/t18-,19-/m0/s1. The molecule has 0 spiro atoms. The van der Waals surface area contributed by atoms with E-state index in [2.05, 4.69) is 29.4 Å². The van der Waals surface area contributed by atoms with Gasteiger partial charge < -0.3 is 26.0 Å². The summed E-state index contributed by atoms with van der Waals surface area (Å²) in [4.78, 5) is 39.6. The molecule has 0 aliphatic carbocycles. The van der Waals surface area contributed by atoms with Gasteiger partial charge in [0.15, 0.2) is 0 Å². The second kappa shape index (κ2) is 15.7. The molecule has 1 aromatic carbocycles. The number of nitrogens with one attached hydrogen (secondary N) is 2. The number of amides is 2. The molecule has 31 heavy (non-hydrogen) atoms. The predicted octanol–water partition coefficient (Wildman–Crippen LogP) is 0.796. The molecule has 174 valence electrons. The van der Waals surface area contributed by atoms with Crippen molar-refractivity contribution >= 4 is 29.5 Å². The summed E-state index contributed by atoms with van der Waals surface area (Å²) in [5, 5.41) is 5.42. The van der Waals surface area contributed by atoms with Crippen molar-refractivity contribution in [2.24, 2.45) is 5.73 Å². The number of carbonyl (C=O) groups is 3. The Bertz CT molecular complexity index is 671. The second-order valence-corrected chi connectivity index (χ2v) is 8.04. The first-order valence-corrected chi connectivity index (χ1v) is 12.1. The van der Waals surface area contributed by atoms with Crippen LogP contribution in [0.2, 0.25) is 0 Å². The van der Waals surface area contributed by atoms with Crippen molar-refractivity contribution < 1.29 is 19.1 Å². The maximum absolute atomic E-state index is 13.0. The number of esters is 1. The van der Waals surface area contributed by atoms with E-state index >= 15 is 0 Å². The molecular formula is C22H36N4O4S. The van der Waals surface area contributed by atoms with Crippen LogP contribution in [-0.2, 0) is 25.5 Å². The normalized spacial score (nSPS) is 12.8. The van der Waals surface area contributed by atoms with E-state index in [-0.39, 0.29) is 13.2 Å². The van der Waals surface area contributed by atoms with Crippen molar-refractivity contribution in [2.45, 2.75) is 38.8 Å². The molecule has 9 heteroatoms. The Kier molecular flexibility index (Phi) is 13.6. The summed E-state index contributed by atoms with van der Waals surface area (Å²) in [6.07, 6.45) is 2.68. The van der Waals surface area contributed by atoms with E-state index in [4.69, 9.17) is 10.5 Å². The van der Waals surface area contributed by atoms with Gasteiger partial charge in [-0.3, -0.25) is 9.59 Å². The minimum Gasteiger partial charge on any atom is -0.463 e. The summed E-state index contributed by atoms with van der Waals surface area (Å²) in [5.41, 5.74) is 6.30. The molecule has 0 saturated heterocycles. The quantitative estimate of drug-likeness (QED) is 0.337. The lowest BCUT2D eigenvalue weighted by Gasteiger charge is -2.23. The van der Waals surface area contributed by atoms with Crippen molar-refractivity contribution in [3.8, 4) is 0 Å². The summed E-state index contributed by atoms with van der Waals surface area (Å²) >= 11 is 1.58. The van der Waals surface area contributed by atoms with E-state index in [1.807, 2.05) is 36.6 Å². The fourth-order valence-electron chi connectivity index (χ4n) is 2.99. The van der Waals surface area contributed by atoms with Gasteiger partial charge in [-0.25, -0.2) is 4.79 Å². The molecule has 0 radical (unpaired) electrons. The molecule has 2 amide bonds. The lowest BCUT2D eigenvalue weighted by molar-refractivity contribution is -0.148. The molecule has 1 aromatic rings. The van der Waals surface area contributed by atoms with Gasteiger partial charge in [-0.1, -0.05) is 44.2 Å². The minimum atomic E-state index is -0.835. The number of carbonyl (C=O) groups excluding carboxylic acids is 3. The first-order chi connectivity index (χ1) is 14.9. The molecule has 0 aromatic heterocycles. The van der Waals surface area contributed by atoms with Crippen LogP contribution in [0.4, 0.5) is 0 Å². The first kappa shape index (κ1) is 26.9. The van der Waals surface area contributed by atoms with Gasteiger partial charge in [0, 0.05) is 13.0 Å². The van der Waals surface area contributed by atoms with Gasteiger partial charge in [-0.2, -0.15) is 11.8 Å². The van der Waals surface area contributed by atoms with Crippen LogP contribution in [0, 0.1) is 0 Å². The average Bonchev–Trinajstić information content (AvgIpc) is 2.79. The summed E-state index contributed by atoms with van der Waals surface area (Å²) < 4.78 is 5.42. The largest absolute Gasteiger partial charge is 0.463 e. The number of benzene rings is 1. The van der Waals surface area contributed by atoms with Gasteiger partial charge in [0.25, 0.3) is 0 Å². The smallest absolute Gasteiger partial charge is 0.328 e. The number of rotatable bonds is 15. The van der Waals surface area contributed by atoms with E-state index in [1.54, 1.807) is 11.8 Å². The SMILES string of the molecule is CCN(CC)CCOC(=O)[C@H](CCSC)NC(=O)[C@H](Cc1ccccc1)NC(=O)CN. The van der Waals surface area contributed by atoms with E-state index in [9.17, 15) is 14.4 Å². The molecule has 0 bridgehead atoms. The second-order valence-electron chi connectivity index (χ2n) is 7.05. The molecule has 0 unspecified atom stereocenters. The lowest BCUT2D eigenvalue weighted by atomic mass is 10.0. The first-order valence-electron chi connectivity index (χ1n) is 10.7. The number of nitrogens with two attached hydrogens (primary N) is 1. The van der Waals surface area contributed by atoms with Crippen molar-refractivity contribution in [1.82, 2.24) is 15.5 Å². The monoisotopic (exact) mass is 452 g/mol. The van der Waals surface area contributed by atoms with Crippen LogP contribution in [0.15, 0.2) is 30.3 Å². The molecule has 8 nitrogen and oxygen atoms in total. The minimum absolute atomic E-state index is 0.220. The summed E-state index contributed by atoms with van der Waals surface area (Å²) in [6.45, 7) is 6.55. The van der Waals surface area contributed by atoms with Crippen LogP contribution < -0.4 is 16.4 Å². The molecule has 2 atom stereocenters. The Balaban J connectivity index is 2.80. The third-order valence-corrected chi connectivity index (χ3v) is 5.52. The fraction of sp³-hybridized carbons (Fsp3) is 0.591. The van der Waals surface area contributed by atoms with E-state index < -0.39 is 29.9 Å². The zero-order valence-corrected chi connectivity index (χ0v) is 19.6. The predicted molar refractivity (Wildman–Crippen MR) is 125 cm³/mol. The summed E-state index contributed by atoms with van der Waals surface area (Å²) in [7, 11) is 0. The zero-order chi connectivity index (χ0) is 23.1. The Morgan fingerprint density at radius 2 is 1.77 bits per heavy atom. The Morgan fingerprint density at radius 3 is 2.35 bits per heavy atom. The van der Waals surface area contributed by atoms with Crippen molar-refractivity contribution in [2.75, 3.05) is 44.8 Å². The maximum atomic E-state index is 13.0. The zero-order valence-electron chi connectivity index (χ0n) is 18.8. The van der Waals surface area contributed by atoms with E-state index in [0.29, 0.717) is 25.1 Å². The maximum Gasteiger partial charge on any atom is 0.328 e. The van der Waals surface area contributed by atoms with Crippen molar-refractivity contribution in [3.05, 3.63) is 35.9 Å². The topological polar surface area (TPSA) is 114 Å². The molecule has 0 fully saturated rings. The number of hydrogen-bond acceptors (Lipinski definition) is 7. The van der Waals surface area contributed by atoms with E-state index in [0.717, 1.165) is 18.7 Å². The summed E-state index contributed by atoms with van der Waals surface area (Å²) in [5.74, 6) is -0.636. The van der Waals surface area contributed by atoms with Gasteiger partial charge in [-0.05, 0) is 37.1 Å². The number of ether oxygens (including phenoxy) is 1. The molecule has 0 aliphatic heterocycles. The molecule has 4 N–H and O–H groups in total. The van der Waals surface area contributed by atoms with Crippen LogP contribution in [0.5, 0.6) is 0 Å². The molecular weight excluding hydrogens is 416 g/mol. The van der Waals surface area contributed by atoms with Crippen molar-refractivity contribution in [1.29, 1.82) is 0 Å². The van der Waals surface area contributed by atoms with Crippen LogP contribution in [-0.4, -0.2) is 79.6 Å². The van der Waals surface area contributed by atoms with E-state index in [1.165, 1.54) is 0 Å². The van der Waals surface area contributed by atoms with Gasteiger partial charge in [-0.15, -0.1) is 0 Å². The highest BCUT2D eigenvalue weighted by atomic mass is 32.2. The van der Waals surface area contributed by atoms with Crippen LogP contribution >= 0.6 is 11.8 Å². The average molecular weight is 453 g/mol. The van der Waals surface area contributed by atoms with Gasteiger partial charge in [0.2, 0.25) is 11.8 Å². The highest BCUT2D eigenvalue weighted by molar-refractivity contribution is 7.98. The van der Waals surface area contributed by atoms with Crippen LogP contribution in [0.3, 0.4) is 0 Å². The Labute approximate surface area is 189 Å². The number of likely N-dealkylation sites (N-methyl/N-ethyl adjacent to an activating group) is 1. The molecule has 0 heterocycles. The van der Waals surface area contributed by atoms with Gasteiger partial charge >= 0.3 is 5.97 Å². The lowest BCUT2D eigenvalue weighted by Crippen LogP contribution is -2.53. The Hall–Kier alpha value is -2.10. The molecule has 1 rings (SSSR count). The molecule has 0 saturated carbocycles. The number of hydrogen-bond donors (Lipinski definition) is 3. The number of thioether (sulfide) groups is 1. The Morgan fingerprint density at radius 1 is 1.10 bits per heavy atom. The van der Waals surface area contributed by atoms with Crippen molar-refractivity contribution in [3.63, 3.8) is 0 Å². The van der Waals surface area contributed by atoms with Crippen LogP contribution in [0.25, 0.3) is 0 Å². The van der Waals surface area contributed by atoms with Gasteiger partial charge in [0.1, 0.15) is 18.7 Å². The van der Waals surface area contributed by atoms with Crippen LogP contribution in [0.1, 0.15) is 25.8 Å². The molecule has 0 aliphatic rings. The summed E-state index contributed by atoms with van der Waals surface area (Å²) in [6, 6.07) is 7.75.